The molecule has 0 unspecified atom stereocenters. The van der Waals surface area contributed by atoms with Crippen molar-refractivity contribution in [2.75, 3.05) is 6.61 Å². The van der Waals surface area contributed by atoms with Crippen molar-refractivity contribution in [3.8, 4) is 11.5 Å². The zero-order chi connectivity index (χ0) is 19.6. The van der Waals surface area contributed by atoms with Gasteiger partial charge in [0.25, 0.3) is 5.91 Å². The number of halogens is 1. The second kappa shape index (κ2) is 9.87. The minimum atomic E-state index is -0.419. The van der Waals surface area contributed by atoms with Gasteiger partial charge in [-0.05, 0) is 47.5 Å². The predicted molar refractivity (Wildman–Crippen MR) is 105 cm³/mol. The van der Waals surface area contributed by atoms with Crippen molar-refractivity contribution >= 4 is 12.1 Å². The molecule has 0 aliphatic carbocycles. The van der Waals surface area contributed by atoms with Gasteiger partial charge in [0, 0.05) is 0 Å². The Morgan fingerprint density at radius 2 is 1.71 bits per heavy atom. The first-order chi connectivity index (χ1) is 13.7. The topological polar surface area (TPSA) is 59.9 Å². The third-order valence-corrected chi connectivity index (χ3v) is 3.69. The molecular weight excluding hydrogens is 359 g/mol. The van der Waals surface area contributed by atoms with Crippen LogP contribution in [-0.2, 0) is 11.4 Å². The lowest BCUT2D eigenvalue weighted by Crippen LogP contribution is -2.24. The second-order valence-corrected chi connectivity index (χ2v) is 5.88. The van der Waals surface area contributed by atoms with E-state index in [1.807, 2.05) is 54.6 Å². The highest BCUT2D eigenvalue weighted by molar-refractivity contribution is 5.83. The molecule has 0 saturated heterocycles. The zero-order valence-corrected chi connectivity index (χ0v) is 15.0. The number of rotatable bonds is 8. The minimum Gasteiger partial charge on any atom is -0.489 e. The van der Waals surface area contributed by atoms with Gasteiger partial charge in [0.1, 0.15) is 23.9 Å². The van der Waals surface area contributed by atoms with Crippen molar-refractivity contribution in [2.24, 2.45) is 5.10 Å². The highest BCUT2D eigenvalue weighted by Crippen LogP contribution is 2.14. The Bertz CT molecular complexity index is 928. The van der Waals surface area contributed by atoms with Crippen molar-refractivity contribution in [1.29, 1.82) is 0 Å². The zero-order valence-electron chi connectivity index (χ0n) is 15.0. The van der Waals surface area contributed by atoms with Crippen LogP contribution in [0.3, 0.4) is 0 Å². The third-order valence-electron chi connectivity index (χ3n) is 3.69. The Morgan fingerprint density at radius 1 is 0.929 bits per heavy atom. The molecule has 0 atom stereocenters. The first-order valence-corrected chi connectivity index (χ1v) is 8.66. The van der Waals surface area contributed by atoms with E-state index in [2.05, 4.69) is 10.5 Å². The summed E-state index contributed by atoms with van der Waals surface area (Å²) in [7, 11) is 0. The van der Waals surface area contributed by atoms with E-state index in [9.17, 15) is 9.18 Å². The van der Waals surface area contributed by atoms with Crippen LogP contribution in [0, 0.1) is 5.82 Å². The number of hydrogen-bond donors (Lipinski definition) is 1. The number of hydrazone groups is 1. The van der Waals surface area contributed by atoms with Crippen LogP contribution < -0.4 is 14.9 Å². The van der Waals surface area contributed by atoms with Gasteiger partial charge in [-0.1, -0.05) is 42.5 Å². The van der Waals surface area contributed by atoms with Crippen molar-refractivity contribution in [1.82, 2.24) is 5.43 Å². The summed E-state index contributed by atoms with van der Waals surface area (Å²) >= 11 is 0. The Kier molecular flexibility index (Phi) is 6.73. The van der Waals surface area contributed by atoms with Gasteiger partial charge in [-0.15, -0.1) is 0 Å². The lowest BCUT2D eigenvalue weighted by molar-refractivity contribution is -0.123. The van der Waals surface area contributed by atoms with Gasteiger partial charge in [-0.2, -0.15) is 5.10 Å². The molecule has 1 N–H and O–H groups in total. The number of nitrogens with one attached hydrogen (secondary N) is 1. The highest BCUT2D eigenvalue weighted by atomic mass is 19.1. The molecule has 0 bridgehead atoms. The molecule has 142 valence electrons. The van der Waals surface area contributed by atoms with E-state index in [0.29, 0.717) is 18.1 Å². The molecule has 0 fully saturated rings. The summed E-state index contributed by atoms with van der Waals surface area (Å²) in [6.07, 6.45) is 1.52. The van der Waals surface area contributed by atoms with Crippen molar-refractivity contribution in [3.05, 3.63) is 95.8 Å². The summed E-state index contributed by atoms with van der Waals surface area (Å²) in [4.78, 5) is 11.8. The lowest BCUT2D eigenvalue weighted by Gasteiger charge is -2.07. The quantitative estimate of drug-likeness (QED) is 0.477. The molecule has 0 radical (unpaired) electrons. The summed E-state index contributed by atoms with van der Waals surface area (Å²) in [6, 6.07) is 22.7. The Morgan fingerprint density at radius 3 is 2.50 bits per heavy atom. The van der Waals surface area contributed by atoms with E-state index in [-0.39, 0.29) is 12.4 Å². The number of nitrogens with zero attached hydrogens (tertiary/aromatic N) is 1. The van der Waals surface area contributed by atoms with E-state index in [1.165, 1.54) is 30.5 Å². The summed E-state index contributed by atoms with van der Waals surface area (Å²) < 4.78 is 23.8. The van der Waals surface area contributed by atoms with Gasteiger partial charge in [0.2, 0.25) is 0 Å². The normalized spacial score (nSPS) is 10.6. The van der Waals surface area contributed by atoms with Crippen LogP contribution >= 0.6 is 0 Å². The van der Waals surface area contributed by atoms with Crippen LogP contribution in [0.2, 0.25) is 0 Å². The average Bonchev–Trinajstić information content (AvgIpc) is 2.73. The molecule has 3 rings (SSSR count). The Balaban J connectivity index is 1.45. The molecule has 5 nitrogen and oxygen atoms in total. The van der Waals surface area contributed by atoms with Crippen molar-refractivity contribution in [3.63, 3.8) is 0 Å². The van der Waals surface area contributed by atoms with E-state index in [0.717, 1.165) is 11.1 Å². The second-order valence-electron chi connectivity index (χ2n) is 5.88. The summed E-state index contributed by atoms with van der Waals surface area (Å²) in [6.45, 7) is 0.252. The number of carbonyl (C=O) groups is 1. The van der Waals surface area contributed by atoms with E-state index < -0.39 is 5.91 Å². The van der Waals surface area contributed by atoms with Crippen molar-refractivity contribution in [2.45, 2.75) is 6.61 Å². The fraction of sp³-hybridized carbons (Fsp3) is 0.0909. The van der Waals surface area contributed by atoms with Crippen LogP contribution in [0.4, 0.5) is 4.39 Å². The maximum absolute atomic E-state index is 12.8. The standard InChI is InChI=1S/C22H19FN2O3/c23-19-9-11-20(12-10-19)28-16-22(26)25-24-14-18-7-4-8-21(13-18)27-15-17-5-2-1-3-6-17/h1-14H,15-16H2,(H,25,26). The van der Waals surface area contributed by atoms with Gasteiger partial charge in [0.15, 0.2) is 6.61 Å². The maximum Gasteiger partial charge on any atom is 0.277 e. The number of carbonyl (C=O) groups excluding carboxylic acids is 1. The molecule has 0 aliphatic heterocycles. The molecule has 1 amide bonds. The molecule has 6 heteroatoms. The number of amides is 1. The first kappa shape index (κ1) is 19.1. The Labute approximate surface area is 162 Å². The predicted octanol–water partition coefficient (Wildman–Crippen LogP) is 3.93. The summed E-state index contributed by atoms with van der Waals surface area (Å²) in [5.41, 5.74) is 4.24. The molecule has 3 aromatic rings. The molecule has 28 heavy (non-hydrogen) atoms. The van der Waals surface area contributed by atoms with Crippen LogP contribution in [0.5, 0.6) is 11.5 Å². The Hall–Kier alpha value is -3.67. The van der Waals surface area contributed by atoms with E-state index >= 15 is 0 Å². The summed E-state index contributed by atoms with van der Waals surface area (Å²) in [5, 5.41) is 3.91. The molecule has 0 heterocycles. The average molecular weight is 378 g/mol. The fourth-order valence-electron chi connectivity index (χ4n) is 2.32. The van der Waals surface area contributed by atoms with Crippen LogP contribution in [0.25, 0.3) is 0 Å². The van der Waals surface area contributed by atoms with E-state index in [1.54, 1.807) is 0 Å². The molecule has 0 spiro atoms. The third kappa shape index (κ3) is 6.25. The van der Waals surface area contributed by atoms with Gasteiger partial charge in [-0.25, -0.2) is 9.82 Å². The van der Waals surface area contributed by atoms with Gasteiger partial charge in [0.05, 0.1) is 6.21 Å². The highest BCUT2D eigenvalue weighted by Gasteiger charge is 2.02. The van der Waals surface area contributed by atoms with Crippen LogP contribution in [0.1, 0.15) is 11.1 Å². The largest absolute Gasteiger partial charge is 0.489 e. The van der Waals surface area contributed by atoms with Crippen molar-refractivity contribution < 1.29 is 18.7 Å². The number of ether oxygens (including phenoxy) is 2. The van der Waals surface area contributed by atoms with Gasteiger partial charge < -0.3 is 9.47 Å². The maximum atomic E-state index is 12.8. The smallest absolute Gasteiger partial charge is 0.277 e. The van der Waals surface area contributed by atoms with Gasteiger partial charge >= 0.3 is 0 Å². The SMILES string of the molecule is O=C(COc1ccc(F)cc1)NN=Cc1cccc(OCc2ccccc2)c1. The van der Waals surface area contributed by atoms with Crippen LogP contribution in [0.15, 0.2) is 84.0 Å². The number of benzene rings is 3. The lowest BCUT2D eigenvalue weighted by atomic mass is 10.2. The van der Waals surface area contributed by atoms with Crippen LogP contribution in [-0.4, -0.2) is 18.7 Å². The monoisotopic (exact) mass is 378 g/mol. The first-order valence-electron chi connectivity index (χ1n) is 8.66. The molecule has 0 aliphatic rings. The molecule has 0 aromatic heterocycles. The summed E-state index contributed by atoms with van der Waals surface area (Å²) in [5.74, 6) is 0.330. The fourth-order valence-corrected chi connectivity index (χ4v) is 2.32. The molecular formula is C22H19FN2O3. The van der Waals surface area contributed by atoms with Gasteiger partial charge in [-0.3, -0.25) is 4.79 Å². The molecule has 3 aromatic carbocycles. The van der Waals surface area contributed by atoms with E-state index in [4.69, 9.17) is 9.47 Å². The minimum absolute atomic E-state index is 0.219. The molecule has 0 saturated carbocycles. The number of hydrogen-bond acceptors (Lipinski definition) is 4.